The Labute approximate surface area is 111 Å². The van der Waals surface area contributed by atoms with E-state index >= 15 is 0 Å². The number of hydrogen-bond donors (Lipinski definition) is 2. The molecule has 0 aromatic rings. The maximum absolute atomic E-state index is 9.28. The summed E-state index contributed by atoms with van der Waals surface area (Å²) in [6.45, 7) is 8.45. The third-order valence-corrected chi connectivity index (χ3v) is 4.19. The minimum Gasteiger partial charge on any atom is -0.395 e. The summed E-state index contributed by atoms with van der Waals surface area (Å²) in [7, 11) is 0. The molecule has 2 aliphatic rings. The summed E-state index contributed by atoms with van der Waals surface area (Å²) in [5, 5.41) is 12.8. The van der Waals surface area contributed by atoms with Gasteiger partial charge in [-0.25, -0.2) is 0 Å². The highest BCUT2D eigenvalue weighted by atomic mass is 16.5. The Balaban J connectivity index is 1.90. The molecule has 0 aromatic carbocycles. The maximum atomic E-state index is 9.28. The third-order valence-electron chi connectivity index (χ3n) is 4.19. The van der Waals surface area contributed by atoms with E-state index in [1.54, 1.807) is 0 Å². The van der Waals surface area contributed by atoms with Crippen LogP contribution in [0.2, 0.25) is 0 Å². The Morgan fingerprint density at radius 1 is 1.39 bits per heavy atom. The molecule has 0 aromatic heterocycles. The van der Waals surface area contributed by atoms with Gasteiger partial charge in [-0.1, -0.05) is 0 Å². The van der Waals surface area contributed by atoms with Gasteiger partial charge in [0, 0.05) is 31.8 Å². The van der Waals surface area contributed by atoms with Gasteiger partial charge in [0.15, 0.2) is 0 Å². The molecule has 2 heterocycles. The SMILES string of the molecule is CC1(C)CC(N(CCO)CC2CCCN2)CCO1. The largest absolute Gasteiger partial charge is 0.395 e. The fraction of sp³-hybridized carbons (Fsp3) is 1.00. The van der Waals surface area contributed by atoms with Gasteiger partial charge in [-0.2, -0.15) is 0 Å². The second kappa shape index (κ2) is 6.33. The number of aliphatic hydroxyl groups excluding tert-OH is 1. The predicted molar refractivity (Wildman–Crippen MR) is 72.7 cm³/mol. The number of rotatable bonds is 5. The predicted octanol–water partition coefficient (Wildman–Crippen LogP) is 0.990. The van der Waals surface area contributed by atoms with E-state index in [2.05, 4.69) is 24.1 Å². The summed E-state index contributed by atoms with van der Waals surface area (Å²) < 4.78 is 5.79. The maximum Gasteiger partial charge on any atom is 0.0641 e. The summed E-state index contributed by atoms with van der Waals surface area (Å²) >= 11 is 0. The highest BCUT2D eigenvalue weighted by molar-refractivity contribution is 4.87. The lowest BCUT2D eigenvalue weighted by Gasteiger charge is -2.42. The summed E-state index contributed by atoms with van der Waals surface area (Å²) in [4.78, 5) is 2.47. The van der Waals surface area contributed by atoms with Crippen molar-refractivity contribution in [2.24, 2.45) is 0 Å². The van der Waals surface area contributed by atoms with Crippen LogP contribution in [0.1, 0.15) is 39.5 Å². The van der Waals surface area contributed by atoms with Crippen LogP contribution in [0.15, 0.2) is 0 Å². The molecule has 106 valence electrons. The molecule has 0 aliphatic carbocycles. The number of nitrogens with one attached hydrogen (secondary N) is 1. The minimum atomic E-state index is -0.0142. The molecule has 4 nitrogen and oxygen atoms in total. The van der Waals surface area contributed by atoms with E-state index in [0.29, 0.717) is 12.1 Å². The Morgan fingerprint density at radius 2 is 2.22 bits per heavy atom. The van der Waals surface area contributed by atoms with Gasteiger partial charge in [0.05, 0.1) is 12.2 Å². The zero-order valence-corrected chi connectivity index (χ0v) is 11.8. The summed E-state index contributed by atoms with van der Waals surface area (Å²) in [5.74, 6) is 0. The molecular formula is C14H28N2O2. The van der Waals surface area contributed by atoms with Crippen LogP contribution in [0.5, 0.6) is 0 Å². The van der Waals surface area contributed by atoms with Gasteiger partial charge < -0.3 is 15.2 Å². The normalized spacial score (nSPS) is 32.0. The molecule has 0 amide bonds. The Morgan fingerprint density at radius 3 is 2.83 bits per heavy atom. The molecule has 0 radical (unpaired) electrons. The van der Waals surface area contributed by atoms with Crippen molar-refractivity contribution in [1.29, 1.82) is 0 Å². The Bertz CT molecular complexity index is 252. The van der Waals surface area contributed by atoms with Crippen LogP contribution in [-0.2, 0) is 4.74 Å². The zero-order chi connectivity index (χ0) is 13.0. The molecule has 2 saturated heterocycles. The van der Waals surface area contributed by atoms with E-state index in [9.17, 15) is 5.11 Å². The molecule has 2 fully saturated rings. The zero-order valence-electron chi connectivity index (χ0n) is 11.8. The molecule has 2 N–H and O–H groups in total. The average molecular weight is 256 g/mol. The van der Waals surface area contributed by atoms with Crippen molar-refractivity contribution >= 4 is 0 Å². The molecule has 2 unspecified atom stereocenters. The van der Waals surface area contributed by atoms with Gasteiger partial charge in [-0.05, 0) is 46.1 Å². The van der Waals surface area contributed by atoms with Crippen molar-refractivity contribution in [2.45, 2.75) is 57.2 Å². The molecular weight excluding hydrogens is 228 g/mol. The van der Waals surface area contributed by atoms with Crippen molar-refractivity contribution in [2.75, 3.05) is 32.8 Å². The van der Waals surface area contributed by atoms with Gasteiger partial charge in [-0.3, -0.25) is 4.90 Å². The number of hydrogen-bond acceptors (Lipinski definition) is 4. The van der Waals surface area contributed by atoms with Crippen LogP contribution in [0.25, 0.3) is 0 Å². The Kier molecular flexibility index (Phi) is 5.01. The molecule has 2 rings (SSSR count). The highest BCUT2D eigenvalue weighted by Gasteiger charge is 2.33. The standard InChI is InChI=1S/C14H28N2O2/c1-14(2)10-13(5-9-18-14)16(7-8-17)11-12-4-3-6-15-12/h12-13,15,17H,3-11H2,1-2H3. The first-order valence-electron chi connectivity index (χ1n) is 7.33. The lowest BCUT2D eigenvalue weighted by atomic mass is 9.92. The number of ether oxygens (including phenoxy) is 1. The minimum absolute atomic E-state index is 0.0142. The van der Waals surface area contributed by atoms with Crippen LogP contribution in [-0.4, -0.2) is 60.5 Å². The van der Waals surface area contributed by atoms with E-state index in [1.807, 2.05) is 0 Å². The number of aliphatic hydroxyl groups is 1. The first-order valence-corrected chi connectivity index (χ1v) is 7.33. The van der Waals surface area contributed by atoms with Crippen LogP contribution >= 0.6 is 0 Å². The second-order valence-electron chi connectivity index (χ2n) is 6.27. The lowest BCUT2D eigenvalue weighted by Crippen LogP contribution is -2.50. The average Bonchev–Trinajstić information content (AvgIpc) is 2.80. The molecule has 4 heteroatoms. The van der Waals surface area contributed by atoms with Crippen molar-refractivity contribution in [1.82, 2.24) is 10.2 Å². The second-order valence-corrected chi connectivity index (χ2v) is 6.27. The van der Waals surface area contributed by atoms with Crippen molar-refractivity contribution in [3.63, 3.8) is 0 Å². The van der Waals surface area contributed by atoms with Gasteiger partial charge in [0.2, 0.25) is 0 Å². The first kappa shape index (κ1) is 14.3. The first-order chi connectivity index (χ1) is 8.61. The molecule has 0 bridgehead atoms. The Hall–Kier alpha value is -0.160. The summed E-state index contributed by atoms with van der Waals surface area (Å²) in [6, 6.07) is 1.17. The van der Waals surface area contributed by atoms with Gasteiger partial charge in [0.25, 0.3) is 0 Å². The van der Waals surface area contributed by atoms with Gasteiger partial charge in [0.1, 0.15) is 0 Å². The van der Waals surface area contributed by atoms with Crippen molar-refractivity contribution in [3.8, 4) is 0 Å². The van der Waals surface area contributed by atoms with E-state index in [1.165, 1.54) is 12.8 Å². The van der Waals surface area contributed by atoms with Crippen molar-refractivity contribution < 1.29 is 9.84 Å². The topological polar surface area (TPSA) is 44.7 Å². The molecule has 0 saturated carbocycles. The summed E-state index contributed by atoms with van der Waals surface area (Å²) in [5.41, 5.74) is -0.0142. The van der Waals surface area contributed by atoms with Gasteiger partial charge in [-0.15, -0.1) is 0 Å². The molecule has 18 heavy (non-hydrogen) atoms. The monoisotopic (exact) mass is 256 g/mol. The molecule has 2 aliphatic heterocycles. The molecule has 2 atom stereocenters. The molecule has 0 spiro atoms. The van der Waals surface area contributed by atoms with E-state index in [4.69, 9.17) is 4.74 Å². The smallest absolute Gasteiger partial charge is 0.0641 e. The van der Waals surface area contributed by atoms with Crippen molar-refractivity contribution in [3.05, 3.63) is 0 Å². The highest BCUT2D eigenvalue weighted by Crippen LogP contribution is 2.27. The van der Waals surface area contributed by atoms with Crippen LogP contribution in [0.4, 0.5) is 0 Å². The van der Waals surface area contributed by atoms with E-state index in [-0.39, 0.29) is 12.2 Å². The lowest BCUT2D eigenvalue weighted by molar-refractivity contribution is -0.0853. The van der Waals surface area contributed by atoms with E-state index < -0.39 is 0 Å². The fourth-order valence-electron chi connectivity index (χ4n) is 3.26. The quantitative estimate of drug-likeness (QED) is 0.770. The fourth-order valence-corrected chi connectivity index (χ4v) is 3.26. The van der Waals surface area contributed by atoms with Crippen LogP contribution in [0, 0.1) is 0 Å². The number of nitrogens with zero attached hydrogens (tertiary/aromatic N) is 1. The van der Waals surface area contributed by atoms with Gasteiger partial charge >= 0.3 is 0 Å². The third kappa shape index (κ3) is 3.92. The van der Waals surface area contributed by atoms with Crippen LogP contribution in [0.3, 0.4) is 0 Å². The van der Waals surface area contributed by atoms with Crippen LogP contribution < -0.4 is 5.32 Å². The van der Waals surface area contributed by atoms with E-state index in [0.717, 1.165) is 39.1 Å². The summed E-state index contributed by atoms with van der Waals surface area (Å²) in [6.07, 6.45) is 4.72.